The summed E-state index contributed by atoms with van der Waals surface area (Å²) in [4.78, 5) is 4.74. The molecule has 4 rings (SSSR count). The number of rotatable bonds is 8. The van der Waals surface area contributed by atoms with Crippen molar-refractivity contribution in [2.24, 2.45) is 7.05 Å². The zero-order chi connectivity index (χ0) is 23.4. The van der Waals surface area contributed by atoms with E-state index < -0.39 is 10.2 Å². The van der Waals surface area contributed by atoms with Gasteiger partial charge in [0.05, 0.1) is 11.9 Å². The lowest BCUT2D eigenvalue weighted by atomic mass is 9.91. The lowest BCUT2D eigenvalue weighted by Gasteiger charge is -2.19. The summed E-state index contributed by atoms with van der Waals surface area (Å²) in [6, 6.07) is 24.1. The average molecular weight is 462 g/mol. The SMILES string of the molecule is Cc1nn(C)c(C)c1C[S+](=O)(O)c1ccc(NCC(c2ccccc2)c2ccccc2)nc1. The van der Waals surface area contributed by atoms with E-state index >= 15 is 0 Å². The number of hydrogen-bond acceptors (Lipinski definition) is 4. The van der Waals surface area contributed by atoms with Crippen LogP contribution in [0.5, 0.6) is 0 Å². The van der Waals surface area contributed by atoms with E-state index in [1.807, 2.05) is 57.3 Å². The van der Waals surface area contributed by atoms with Crippen molar-refractivity contribution in [3.05, 3.63) is 107 Å². The second-order valence-corrected chi connectivity index (χ2v) is 10.2. The molecule has 0 aliphatic heterocycles. The van der Waals surface area contributed by atoms with Gasteiger partial charge in [0, 0.05) is 36.8 Å². The van der Waals surface area contributed by atoms with Gasteiger partial charge in [0.25, 0.3) is 10.2 Å². The molecule has 1 unspecified atom stereocenters. The summed E-state index contributed by atoms with van der Waals surface area (Å²) in [7, 11) is -1.43. The molecule has 2 aromatic heterocycles. The Morgan fingerprint density at radius 2 is 1.58 bits per heavy atom. The molecule has 0 aliphatic carbocycles. The van der Waals surface area contributed by atoms with Crippen molar-refractivity contribution in [3.8, 4) is 0 Å². The molecule has 0 saturated carbocycles. The zero-order valence-corrected chi connectivity index (χ0v) is 19.9. The van der Waals surface area contributed by atoms with E-state index in [4.69, 9.17) is 0 Å². The van der Waals surface area contributed by atoms with Gasteiger partial charge in [-0.15, -0.1) is 0 Å². The molecule has 0 spiro atoms. The molecule has 7 heteroatoms. The van der Waals surface area contributed by atoms with Gasteiger partial charge in [-0.05, 0) is 31.0 Å². The third kappa shape index (κ3) is 5.21. The van der Waals surface area contributed by atoms with Crippen LogP contribution >= 0.6 is 0 Å². The van der Waals surface area contributed by atoms with Crippen LogP contribution in [-0.2, 0) is 27.2 Å². The van der Waals surface area contributed by atoms with Gasteiger partial charge in [-0.2, -0.15) is 9.65 Å². The maximum Gasteiger partial charge on any atom is 0.254 e. The number of aromatic nitrogens is 3. The van der Waals surface area contributed by atoms with Crippen molar-refractivity contribution >= 4 is 16.0 Å². The molecular weight excluding hydrogens is 432 g/mol. The topological polar surface area (TPSA) is 80.0 Å². The van der Waals surface area contributed by atoms with Gasteiger partial charge < -0.3 is 5.32 Å². The molecule has 0 aliphatic rings. The highest BCUT2D eigenvalue weighted by Crippen LogP contribution is 2.27. The molecule has 0 bridgehead atoms. The Kier molecular flexibility index (Phi) is 6.72. The predicted octanol–water partition coefficient (Wildman–Crippen LogP) is 5.21. The first-order valence-electron chi connectivity index (χ1n) is 10.9. The summed E-state index contributed by atoms with van der Waals surface area (Å²) in [5.41, 5.74) is 4.91. The van der Waals surface area contributed by atoms with E-state index in [1.165, 1.54) is 17.3 Å². The van der Waals surface area contributed by atoms with Gasteiger partial charge in [0.1, 0.15) is 5.82 Å². The van der Waals surface area contributed by atoms with Gasteiger partial charge in [-0.25, -0.2) is 4.98 Å². The Balaban J connectivity index is 1.49. The molecule has 2 N–H and O–H groups in total. The van der Waals surface area contributed by atoms with Crippen LogP contribution in [0.25, 0.3) is 0 Å². The molecule has 0 fully saturated rings. The van der Waals surface area contributed by atoms with E-state index in [1.54, 1.807) is 16.8 Å². The highest BCUT2D eigenvalue weighted by atomic mass is 32.3. The number of benzene rings is 2. The summed E-state index contributed by atoms with van der Waals surface area (Å²) >= 11 is 0. The van der Waals surface area contributed by atoms with E-state index in [0.29, 0.717) is 17.3 Å². The van der Waals surface area contributed by atoms with Crippen LogP contribution in [0.1, 0.15) is 34.0 Å². The molecule has 0 saturated heterocycles. The number of nitrogens with one attached hydrogen (secondary N) is 1. The fourth-order valence-electron chi connectivity index (χ4n) is 3.98. The first-order valence-corrected chi connectivity index (χ1v) is 12.6. The summed E-state index contributed by atoms with van der Waals surface area (Å²) in [5.74, 6) is 0.851. The predicted molar refractivity (Wildman–Crippen MR) is 133 cm³/mol. The second kappa shape index (κ2) is 9.68. The van der Waals surface area contributed by atoms with Crippen LogP contribution in [0.4, 0.5) is 5.82 Å². The molecule has 0 radical (unpaired) electrons. The Morgan fingerprint density at radius 1 is 0.970 bits per heavy atom. The molecule has 0 amide bonds. The molecule has 170 valence electrons. The van der Waals surface area contributed by atoms with E-state index in [-0.39, 0.29) is 11.7 Å². The molecule has 33 heavy (non-hydrogen) atoms. The summed E-state index contributed by atoms with van der Waals surface area (Å²) in [5, 5.41) is 7.74. The van der Waals surface area contributed by atoms with Crippen LogP contribution in [0.15, 0.2) is 83.9 Å². The van der Waals surface area contributed by atoms with Crippen molar-refractivity contribution in [3.63, 3.8) is 0 Å². The monoisotopic (exact) mass is 461 g/mol. The van der Waals surface area contributed by atoms with Crippen molar-refractivity contribution in [2.75, 3.05) is 11.9 Å². The first-order chi connectivity index (χ1) is 15.8. The molecule has 1 atom stereocenters. The van der Waals surface area contributed by atoms with Crippen LogP contribution < -0.4 is 5.32 Å². The van der Waals surface area contributed by atoms with Crippen LogP contribution in [0, 0.1) is 13.8 Å². The quantitative estimate of drug-likeness (QED) is 0.352. The second-order valence-electron chi connectivity index (χ2n) is 8.19. The summed E-state index contributed by atoms with van der Waals surface area (Å²) < 4.78 is 25.5. The number of pyridine rings is 1. The van der Waals surface area contributed by atoms with Crippen molar-refractivity contribution in [1.82, 2.24) is 14.8 Å². The van der Waals surface area contributed by atoms with Crippen LogP contribution in [-0.4, -0.2) is 25.9 Å². The minimum Gasteiger partial charge on any atom is -0.369 e. The van der Waals surface area contributed by atoms with Crippen molar-refractivity contribution in [2.45, 2.75) is 30.4 Å². The maximum atomic E-state index is 13.1. The molecular formula is C26H29N4O2S+. The highest BCUT2D eigenvalue weighted by molar-refractivity contribution is 7.97. The van der Waals surface area contributed by atoms with Crippen molar-refractivity contribution in [1.29, 1.82) is 0 Å². The Bertz CT molecular complexity index is 1220. The van der Waals surface area contributed by atoms with Gasteiger partial charge in [0.15, 0.2) is 5.75 Å². The van der Waals surface area contributed by atoms with Gasteiger partial charge in [-0.1, -0.05) is 64.9 Å². The Hall–Kier alpha value is -3.29. The van der Waals surface area contributed by atoms with Gasteiger partial charge in [-0.3, -0.25) is 4.68 Å². The van der Waals surface area contributed by atoms with Crippen LogP contribution in [0.2, 0.25) is 0 Å². The molecule has 4 aromatic rings. The largest absolute Gasteiger partial charge is 0.369 e. The normalized spacial score (nSPS) is 13.1. The lowest BCUT2D eigenvalue weighted by molar-refractivity contribution is 0.495. The number of anilines is 1. The first kappa shape index (κ1) is 22.9. The smallest absolute Gasteiger partial charge is 0.254 e. The fraction of sp³-hybridized carbons (Fsp3) is 0.231. The molecule has 2 heterocycles. The van der Waals surface area contributed by atoms with Crippen LogP contribution in [0.3, 0.4) is 0 Å². The zero-order valence-electron chi connectivity index (χ0n) is 19.1. The van der Waals surface area contributed by atoms with E-state index in [0.717, 1.165) is 17.0 Å². The fourth-order valence-corrected chi connectivity index (χ4v) is 5.46. The number of aryl methyl sites for hydroxylation is 2. The van der Waals surface area contributed by atoms with Crippen molar-refractivity contribution < 1.29 is 8.76 Å². The molecule has 6 nitrogen and oxygen atoms in total. The number of hydrogen-bond donors (Lipinski definition) is 2. The maximum absolute atomic E-state index is 13.1. The third-order valence-corrected chi connectivity index (χ3v) is 7.65. The molecule has 2 aromatic carbocycles. The highest BCUT2D eigenvalue weighted by Gasteiger charge is 2.32. The Morgan fingerprint density at radius 3 is 2.06 bits per heavy atom. The Labute approximate surface area is 196 Å². The average Bonchev–Trinajstić information content (AvgIpc) is 3.06. The minimum absolute atomic E-state index is 0.0249. The standard InChI is InChI=1S/C26H28N4O2S/c1-19-25(20(2)30(3)29-19)18-33(31,32)23-14-15-26(27-16-23)28-17-24(21-10-6-4-7-11-21)22-12-8-5-9-13-22/h4-16,24H,17-18H2,1-3H3,(H-,27,28,31,32)/p+1. The number of nitrogens with zero attached hydrogens (tertiary/aromatic N) is 3. The van der Waals surface area contributed by atoms with Gasteiger partial charge in [0.2, 0.25) is 4.90 Å². The van der Waals surface area contributed by atoms with E-state index in [2.05, 4.69) is 39.7 Å². The van der Waals surface area contributed by atoms with Gasteiger partial charge >= 0.3 is 0 Å². The summed E-state index contributed by atoms with van der Waals surface area (Å²) in [6.07, 6.45) is 1.49. The lowest BCUT2D eigenvalue weighted by Crippen LogP contribution is -2.16. The van der Waals surface area contributed by atoms with E-state index in [9.17, 15) is 8.76 Å². The minimum atomic E-state index is -3.27. The summed E-state index contributed by atoms with van der Waals surface area (Å²) in [6.45, 7) is 4.42. The third-order valence-electron chi connectivity index (χ3n) is 5.99.